The van der Waals surface area contributed by atoms with Crippen molar-refractivity contribution < 1.29 is 28.9 Å². The Kier molecular flexibility index (Phi) is 6.67. The highest BCUT2D eigenvalue weighted by Crippen LogP contribution is 2.40. The number of β-lactam (4-membered cyclic amide) rings is 1. The lowest BCUT2D eigenvalue weighted by Gasteiger charge is -2.49. The molecule has 3 aliphatic rings. The predicted octanol–water partition coefficient (Wildman–Crippen LogP) is 0.681. The van der Waals surface area contributed by atoms with Crippen molar-refractivity contribution in [1.29, 1.82) is 0 Å². The first-order valence-electron chi connectivity index (χ1n) is 11.4. The van der Waals surface area contributed by atoms with E-state index in [-0.39, 0.29) is 22.2 Å². The molecule has 4 heterocycles. The van der Waals surface area contributed by atoms with Crippen molar-refractivity contribution in [3.05, 3.63) is 51.9 Å². The van der Waals surface area contributed by atoms with E-state index in [1.807, 2.05) is 12.3 Å². The van der Waals surface area contributed by atoms with Crippen molar-refractivity contribution in [2.45, 2.75) is 43.6 Å². The molecule has 5 rings (SSSR count). The van der Waals surface area contributed by atoms with Crippen LogP contribution in [0, 0.1) is 0 Å². The zero-order valence-electron chi connectivity index (χ0n) is 19.5. The van der Waals surface area contributed by atoms with Crippen LogP contribution in [0.4, 0.5) is 5.13 Å². The standard InChI is InChI=1S/C23H24N6O5S2/c1-34-27-16(14-11-36-23(24)25-14)19(30)26-17-20(31)29-18(22(32)33)13(10-35-21(17)29)9-28-8-4-6-12-5-2-3-7-15(12)28/h4,6,8,11,17,21H,2-3,5,7,9-10H2,1H3,(H3-,24,25,26,30,32,33)/p+1/b27-16-/t17-,21?/m1/s1. The molecule has 11 nitrogen and oxygen atoms in total. The monoisotopic (exact) mass is 529 g/mol. The average Bonchev–Trinajstić information content (AvgIpc) is 3.31. The number of hydrogen-bond acceptors (Lipinski definition) is 9. The molecule has 2 aromatic heterocycles. The number of carboxylic acid groups (broad SMARTS) is 1. The molecule has 2 atom stereocenters. The van der Waals surface area contributed by atoms with E-state index in [1.54, 1.807) is 5.38 Å². The maximum Gasteiger partial charge on any atom is 0.352 e. The Morgan fingerprint density at radius 2 is 2.19 bits per heavy atom. The van der Waals surface area contributed by atoms with Gasteiger partial charge >= 0.3 is 5.97 Å². The highest BCUT2D eigenvalue weighted by molar-refractivity contribution is 8.00. The fraction of sp³-hybridized carbons (Fsp3) is 0.391. The van der Waals surface area contributed by atoms with E-state index in [4.69, 9.17) is 10.6 Å². The van der Waals surface area contributed by atoms with E-state index in [9.17, 15) is 19.5 Å². The molecule has 0 radical (unpaired) electrons. The van der Waals surface area contributed by atoms with Crippen LogP contribution < -0.4 is 15.6 Å². The summed E-state index contributed by atoms with van der Waals surface area (Å²) < 4.78 is 2.10. The number of aromatic nitrogens is 2. The van der Waals surface area contributed by atoms with Gasteiger partial charge in [-0.1, -0.05) is 5.16 Å². The number of carbonyl (C=O) groups is 3. The molecular weight excluding hydrogens is 504 g/mol. The lowest BCUT2D eigenvalue weighted by atomic mass is 9.95. The number of amides is 2. The Hall–Kier alpha value is -3.45. The third-order valence-electron chi connectivity index (χ3n) is 6.45. The highest BCUT2D eigenvalue weighted by Gasteiger charge is 2.55. The molecule has 0 saturated carbocycles. The van der Waals surface area contributed by atoms with E-state index in [1.165, 1.54) is 35.0 Å². The van der Waals surface area contributed by atoms with Gasteiger partial charge in [-0.15, -0.1) is 23.1 Å². The maximum absolute atomic E-state index is 13.1. The summed E-state index contributed by atoms with van der Waals surface area (Å²) in [6.07, 6.45) is 6.20. The Labute approximate surface area is 215 Å². The number of nitrogens with one attached hydrogen (secondary N) is 1. The molecule has 1 unspecified atom stereocenters. The van der Waals surface area contributed by atoms with E-state index in [2.05, 4.69) is 26.1 Å². The second-order valence-electron chi connectivity index (χ2n) is 8.63. The Morgan fingerprint density at radius 3 is 2.92 bits per heavy atom. The van der Waals surface area contributed by atoms with Gasteiger partial charge in [0, 0.05) is 34.8 Å². The van der Waals surface area contributed by atoms with Crippen molar-refractivity contribution in [1.82, 2.24) is 15.2 Å². The quantitative estimate of drug-likeness (QED) is 0.205. The Morgan fingerprint density at radius 1 is 1.39 bits per heavy atom. The van der Waals surface area contributed by atoms with Crippen LogP contribution in [0.15, 0.2) is 40.1 Å². The van der Waals surface area contributed by atoms with Gasteiger partial charge in [-0.05, 0) is 25.3 Å². The van der Waals surface area contributed by atoms with Gasteiger partial charge in [-0.3, -0.25) is 14.5 Å². The van der Waals surface area contributed by atoms with Crippen LogP contribution in [-0.2, 0) is 38.6 Å². The fourth-order valence-corrected chi connectivity index (χ4v) is 6.72. The third-order valence-corrected chi connectivity index (χ3v) is 8.46. The molecule has 13 heteroatoms. The fourth-order valence-electron chi connectivity index (χ4n) is 4.83. The number of nitrogen functional groups attached to an aromatic ring is 1. The smallest absolute Gasteiger partial charge is 0.352 e. The van der Waals surface area contributed by atoms with Gasteiger partial charge in [0.1, 0.15) is 29.9 Å². The number of aliphatic carboxylic acids is 1. The van der Waals surface area contributed by atoms with Crippen LogP contribution in [0.5, 0.6) is 0 Å². The second-order valence-corrected chi connectivity index (χ2v) is 10.6. The normalized spacial score (nSPS) is 21.4. The van der Waals surface area contributed by atoms with E-state index >= 15 is 0 Å². The van der Waals surface area contributed by atoms with Gasteiger partial charge in [0.25, 0.3) is 11.8 Å². The van der Waals surface area contributed by atoms with Gasteiger partial charge in [-0.2, -0.15) is 4.57 Å². The minimum atomic E-state index is -1.15. The zero-order chi connectivity index (χ0) is 25.4. The molecule has 1 fully saturated rings. The molecule has 1 aliphatic carbocycles. The molecular formula is C23H25N6O5S2+. The van der Waals surface area contributed by atoms with Gasteiger partial charge in [0.2, 0.25) is 0 Å². The van der Waals surface area contributed by atoms with E-state index < -0.39 is 29.2 Å². The second kappa shape index (κ2) is 9.90. The summed E-state index contributed by atoms with van der Waals surface area (Å²) in [5.74, 6) is -1.86. The van der Waals surface area contributed by atoms with Gasteiger partial charge in [0.15, 0.2) is 29.3 Å². The van der Waals surface area contributed by atoms with Crippen LogP contribution in [-0.4, -0.2) is 62.8 Å². The number of thioether (sulfide) groups is 1. The summed E-state index contributed by atoms with van der Waals surface area (Å²) in [6.45, 7) is 0.404. The van der Waals surface area contributed by atoms with Crippen molar-refractivity contribution >= 4 is 51.7 Å². The molecule has 2 amide bonds. The molecule has 0 bridgehead atoms. The van der Waals surface area contributed by atoms with Crippen molar-refractivity contribution in [3.63, 3.8) is 0 Å². The number of nitrogens with two attached hydrogens (primary N) is 1. The topological polar surface area (TPSA) is 151 Å². The third kappa shape index (κ3) is 4.32. The van der Waals surface area contributed by atoms with E-state index in [0.29, 0.717) is 17.9 Å². The highest BCUT2D eigenvalue weighted by atomic mass is 32.2. The van der Waals surface area contributed by atoms with E-state index in [0.717, 1.165) is 37.0 Å². The summed E-state index contributed by atoms with van der Waals surface area (Å²) in [5.41, 5.74) is 8.96. The summed E-state index contributed by atoms with van der Waals surface area (Å²) in [4.78, 5) is 48.4. The summed E-state index contributed by atoms with van der Waals surface area (Å²) in [6, 6.07) is 3.21. The van der Waals surface area contributed by atoms with Crippen LogP contribution >= 0.6 is 23.1 Å². The number of oxime groups is 1. The number of aryl methyl sites for hydroxylation is 1. The minimum Gasteiger partial charge on any atom is -0.477 e. The Balaban J connectivity index is 1.36. The summed E-state index contributed by atoms with van der Waals surface area (Å²) in [7, 11) is 1.30. The van der Waals surface area contributed by atoms with Gasteiger partial charge in [-0.25, -0.2) is 9.78 Å². The first-order valence-corrected chi connectivity index (χ1v) is 13.4. The van der Waals surface area contributed by atoms with Crippen molar-refractivity contribution in [3.8, 4) is 0 Å². The first kappa shape index (κ1) is 24.3. The van der Waals surface area contributed by atoms with Crippen LogP contribution in [0.1, 0.15) is 29.8 Å². The summed E-state index contributed by atoms with van der Waals surface area (Å²) in [5, 5.41) is 17.7. The molecule has 2 aliphatic heterocycles. The predicted molar refractivity (Wildman–Crippen MR) is 133 cm³/mol. The van der Waals surface area contributed by atoms with Crippen molar-refractivity contribution in [2.75, 3.05) is 18.6 Å². The number of fused-ring (bicyclic) bond motifs is 2. The van der Waals surface area contributed by atoms with Crippen molar-refractivity contribution in [2.24, 2.45) is 5.16 Å². The number of carboxylic acids is 1. The molecule has 188 valence electrons. The zero-order valence-corrected chi connectivity index (χ0v) is 21.1. The molecule has 0 aromatic carbocycles. The molecule has 36 heavy (non-hydrogen) atoms. The first-order chi connectivity index (χ1) is 17.4. The van der Waals surface area contributed by atoms with Gasteiger partial charge < -0.3 is 21.0 Å². The van der Waals surface area contributed by atoms with Crippen LogP contribution in [0.25, 0.3) is 0 Å². The Bertz CT molecular complexity index is 1310. The number of hydrogen-bond donors (Lipinski definition) is 3. The number of carbonyl (C=O) groups excluding carboxylic acids is 2. The largest absolute Gasteiger partial charge is 0.477 e. The average molecular weight is 530 g/mol. The minimum absolute atomic E-state index is 0.00628. The number of anilines is 1. The molecule has 1 saturated heterocycles. The van der Waals surface area contributed by atoms with Crippen LogP contribution in [0.3, 0.4) is 0 Å². The SMILES string of the molecule is CO/N=C(\C(=O)N[C@@H]1C(=O)N2C(C(=O)O)=C(C[n+]3cccc4c3CCCC4)CSC12)c1csc(N)n1. The molecule has 2 aromatic rings. The lowest BCUT2D eigenvalue weighted by Crippen LogP contribution is -2.71. The summed E-state index contributed by atoms with van der Waals surface area (Å²) >= 11 is 2.57. The van der Waals surface area contributed by atoms with Crippen LogP contribution in [0.2, 0.25) is 0 Å². The van der Waals surface area contributed by atoms with Gasteiger partial charge in [0.05, 0.1) is 0 Å². The maximum atomic E-state index is 13.1. The molecule has 0 spiro atoms. The number of thiazole rings is 1. The molecule has 4 N–H and O–H groups in total. The number of rotatable bonds is 7. The number of nitrogens with zero attached hydrogens (tertiary/aromatic N) is 4. The lowest BCUT2D eigenvalue weighted by molar-refractivity contribution is -0.697. The number of pyridine rings is 1.